The van der Waals surface area contributed by atoms with E-state index in [0.29, 0.717) is 43.1 Å². The van der Waals surface area contributed by atoms with Crippen LogP contribution in [-0.4, -0.2) is 56.6 Å². The molecular formula is C26H31N3O4S. The Labute approximate surface area is 201 Å². The molecule has 0 aromatic heterocycles. The first-order valence-corrected chi connectivity index (χ1v) is 13.5. The Morgan fingerprint density at radius 1 is 0.941 bits per heavy atom. The normalized spacial score (nSPS) is 21.3. The van der Waals surface area contributed by atoms with Crippen LogP contribution in [0.3, 0.4) is 0 Å². The van der Waals surface area contributed by atoms with Gasteiger partial charge in [0.1, 0.15) is 0 Å². The molecule has 34 heavy (non-hydrogen) atoms. The number of carbonyl (C=O) groups is 2. The number of carbonyl (C=O) groups excluding carboxylic acids is 2. The standard InChI is InChI=1S/C26H31N3O4S/c1-18-16-22-17-24(10-11-25(22)29(18)26(31)21-4-3-5-21)34(32,33)28-14-12-27(13-15-28)23-8-6-20(7-9-23)19(2)30/h6-11,17-18,21H,3-5,12-16H2,1-2H3/t18-/m1/s1. The van der Waals surface area contributed by atoms with Gasteiger partial charge in [-0.1, -0.05) is 6.42 Å². The molecular weight excluding hydrogens is 450 g/mol. The number of Topliss-reactive ketones (excluding diaryl/α,β-unsaturated/α-hetero) is 1. The number of nitrogens with zero attached hydrogens (tertiary/aromatic N) is 3. The molecule has 0 radical (unpaired) electrons. The van der Waals surface area contributed by atoms with Crippen LogP contribution in [0.5, 0.6) is 0 Å². The second-order valence-electron chi connectivity index (χ2n) is 9.67. The van der Waals surface area contributed by atoms with Gasteiger partial charge in [0, 0.05) is 55.1 Å². The highest BCUT2D eigenvalue weighted by Gasteiger charge is 2.38. The van der Waals surface area contributed by atoms with Crippen molar-refractivity contribution in [3.8, 4) is 0 Å². The van der Waals surface area contributed by atoms with E-state index in [4.69, 9.17) is 0 Å². The van der Waals surface area contributed by atoms with Gasteiger partial charge in [0.2, 0.25) is 15.9 Å². The molecule has 5 rings (SSSR count). The monoisotopic (exact) mass is 481 g/mol. The molecule has 0 N–H and O–H groups in total. The number of benzene rings is 2. The summed E-state index contributed by atoms with van der Waals surface area (Å²) >= 11 is 0. The van der Waals surface area contributed by atoms with Gasteiger partial charge >= 0.3 is 0 Å². The van der Waals surface area contributed by atoms with Crippen LogP contribution in [-0.2, 0) is 21.2 Å². The molecule has 1 saturated heterocycles. The summed E-state index contributed by atoms with van der Waals surface area (Å²) in [6.07, 6.45) is 3.70. The number of fused-ring (bicyclic) bond motifs is 1. The summed E-state index contributed by atoms with van der Waals surface area (Å²) in [4.78, 5) is 28.7. The minimum absolute atomic E-state index is 0.0294. The zero-order valence-electron chi connectivity index (χ0n) is 19.7. The van der Waals surface area contributed by atoms with E-state index in [-0.39, 0.29) is 23.7 Å². The van der Waals surface area contributed by atoms with Gasteiger partial charge in [-0.25, -0.2) is 8.42 Å². The van der Waals surface area contributed by atoms with E-state index in [0.717, 1.165) is 36.2 Å². The van der Waals surface area contributed by atoms with Crippen molar-refractivity contribution in [2.24, 2.45) is 5.92 Å². The Morgan fingerprint density at radius 3 is 2.21 bits per heavy atom. The van der Waals surface area contributed by atoms with Crippen LogP contribution in [0.4, 0.5) is 11.4 Å². The van der Waals surface area contributed by atoms with Crippen LogP contribution in [0.15, 0.2) is 47.4 Å². The summed E-state index contributed by atoms with van der Waals surface area (Å²) in [6, 6.07) is 12.7. The van der Waals surface area contributed by atoms with Crippen LogP contribution in [0, 0.1) is 5.92 Å². The lowest BCUT2D eigenvalue weighted by molar-refractivity contribution is -0.125. The SMILES string of the molecule is CC(=O)c1ccc(N2CCN(S(=O)(=O)c3ccc4c(c3)C[C@@H](C)N4C(=O)C3CCC3)CC2)cc1. The van der Waals surface area contributed by atoms with E-state index in [1.54, 1.807) is 23.4 Å². The van der Waals surface area contributed by atoms with Crippen molar-refractivity contribution in [3.63, 3.8) is 0 Å². The van der Waals surface area contributed by atoms with Gasteiger partial charge in [-0.3, -0.25) is 9.59 Å². The van der Waals surface area contributed by atoms with E-state index in [2.05, 4.69) is 4.90 Å². The number of rotatable bonds is 5. The van der Waals surface area contributed by atoms with Crippen LogP contribution >= 0.6 is 0 Å². The highest BCUT2D eigenvalue weighted by Crippen LogP contribution is 2.38. The zero-order valence-corrected chi connectivity index (χ0v) is 20.6. The third-order valence-corrected chi connectivity index (χ3v) is 9.37. The molecule has 0 unspecified atom stereocenters. The van der Waals surface area contributed by atoms with E-state index in [1.165, 1.54) is 0 Å². The Hall–Kier alpha value is -2.71. The topological polar surface area (TPSA) is 78.0 Å². The summed E-state index contributed by atoms with van der Waals surface area (Å²) in [5.74, 6) is 0.328. The minimum atomic E-state index is -3.61. The van der Waals surface area contributed by atoms with Gasteiger partial charge < -0.3 is 9.80 Å². The molecule has 8 heteroatoms. The number of amides is 1. The van der Waals surface area contributed by atoms with Crippen molar-refractivity contribution in [3.05, 3.63) is 53.6 Å². The summed E-state index contributed by atoms with van der Waals surface area (Å²) < 4.78 is 28.3. The molecule has 1 saturated carbocycles. The number of hydrogen-bond acceptors (Lipinski definition) is 5. The molecule has 2 aromatic rings. The maximum absolute atomic E-state index is 13.4. The van der Waals surface area contributed by atoms with Crippen molar-refractivity contribution >= 4 is 33.1 Å². The lowest BCUT2D eigenvalue weighted by atomic mass is 9.84. The number of piperazine rings is 1. The number of anilines is 2. The molecule has 2 heterocycles. The van der Waals surface area contributed by atoms with Crippen molar-refractivity contribution in [2.45, 2.75) is 50.5 Å². The summed E-state index contributed by atoms with van der Waals surface area (Å²) in [6.45, 7) is 5.55. The molecule has 7 nitrogen and oxygen atoms in total. The van der Waals surface area contributed by atoms with Gasteiger partial charge in [-0.05, 0) is 81.1 Å². The fourth-order valence-corrected chi connectivity index (χ4v) is 6.67. The first kappa shape index (κ1) is 23.1. The minimum Gasteiger partial charge on any atom is -0.369 e. The van der Waals surface area contributed by atoms with Crippen molar-refractivity contribution in [2.75, 3.05) is 36.0 Å². The van der Waals surface area contributed by atoms with Crippen LogP contribution < -0.4 is 9.80 Å². The number of ketones is 1. The quantitative estimate of drug-likeness (QED) is 0.611. The first-order valence-electron chi connectivity index (χ1n) is 12.1. The molecule has 180 valence electrons. The van der Waals surface area contributed by atoms with Gasteiger partial charge in [0.15, 0.2) is 5.78 Å². The fourth-order valence-electron chi connectivity index (χ4n) is 5.20. The van der Waals surface area contributed by atoms with E-state index in [1.807, 2.05) is 42.2 Å². The second-order valence-corrected chi connectivity index (χ2v) is 11.6. The third-order valence-electron chi connectivity index (χ3n) is 7.47. The average molecular weight is 482 g/mol. The van der Waals surface area contributed by atoms with E-state index < -0.39 is 10.0 Å². The Morgan fingerprint density at radius 2 is 1.62 bits per heavy atom. The Bertz CT molecular complexity index is 1210. The summed E-state index contributed by atoms with van der Waals surface area (Å²) in [5.41, 5.74) is 3.46. The largest absolute Gasteiger partial charge is 0.369 e. The first-order chi connectivity index (χ1) is 16.3. The van der Waals surface area contributed by atoms with E-state index in [9.17, 15) is 18.0 Å². The molecule has 2 aliphatic heterocycles. The van der Waals surface area contributed by atoms with Gasteiger partial charge in [-0.15, -0.1) is 0 Å². The molecule has 0 bridgehead atoms. The lowest BCUT2D eigenvalue weighted by Gasteiger charge is -2.35. The van der Waals surface area contributed by atoms with Crippen molar-refractivity contribution in [1.82, 2.24) is 4.31 Å². The second kappa shape index (κ2) is 8.82. The predicted octanol–water partition coefficient (Wildman–Crippen LogP) is 3.48. The highest BCUT2D eigenvalue weighted by molar-refractivity contribution is 7.89. The molecule has 1 amide bonds. The Balaban J connectivity index is 1.29. The lowest BCUT2D eigenvalue weighted by Crippen LogP contribution is -2.48. The van der Waals surface area contributed by atoms with Crippen LogP contribution in [0.25, 0.3) is 0 Å². The molecule has 2 aromatic carbocycles. The fraction of sp³-hybridized carbons (Fsp3) is 0.462. The van der Waals surface area contributed by atoms with Crippen LogP contribution in [0.1, 0.15) is 49.0 Å². The molecule has 3 aliphatic rings. The molecule has 2 fully saturated rings. The highest BCUT2D eigenvalue weighted by atomic mass is 32.2. The maximum atomic E-state index is 13.4. The molecule has 0 spiro atoms. The summed E-state index contributed by atoms with van der Waals surface area (Å²) in [7, 11) is -3.61. The smallest absolute Gasteiger partial charge is 0.243 e. The maximum Gasteiger partial charge on any atom is 0.243 e. The average Bonchev–Trinajstić information content (AvgIpc) is 3.13. The number of hydrogen-bond donors (Lipinski definition) is 0. The van der Waals surface area contributed by atoms with Crippen molar-refractivity contribution < 1.29 is 18.0 Å². The van der Waals surface area contributed by atoms with Gasteiger partial charge in [0.25, 0.3) is 0 Å². The molecule has 1 atom stereocenters. The van der Waals surface area contributed by atoms with Gasteiger partial charge in [0.05, 0.1) is 4.90 Å². The zero-order chi connectivity index (χ0) is 24.0. The predicted molar refractivity (Wildman–Crippen MR) is 132 cm³/mol. The summed E-state index contributed by atoms with van der Waals surface area (Å²) in [5, 5.41) is 0. The third kappa shape index (κ3) is 4.03. The Kier molecular flexibility index (Phi) is 5.98. The molecule has 1 aliphatic carbocycles. The van der Waals surface area contributed by atoms with Gasteiger partial charge in [-0.2, -0.15) is 4.31 Å². The van der Waals surface area contributed by atoms with Crippen molar-refractivity contribution in [1.29, 1.82) is 0 Å². The van der Waals surface area contributed by atoms with E-state index >= 15 is 0 Å². The number of sulfonamides is 1. The van der Waals surface area contributed by atoms with Crippen LogP contribution in [0.2, 0.25) is 0 Å².